The van der Waals surface area contributed by atoms with Crippen LogP contribution >= 0.6 is 0 Å². The SMILES string of the molecule is CN=C(C(=CN)c1ccc2c(c1)OCCn1cc(C(N=C(C)N)=NC(C)C)nc1-2)C1CCCN(C2COC2)C1. The molecule has 2 saturated heterocycles. The highest BCUT2D eigenvalue weighted by Gasteiger charge is 2.33. The van der Waals surface area contributed by atoms with Gasteiger partial charge >= 0.3 is 0 Å². The number of ether oxygens (including phenoxy) is 2. The summed E-state index contributed by atoms with van der Waals surface area (Å²) in [7, 11) is 1.87. The fourth-order valence-corrected chi connectivity index (χ4v) is 5.57. The van der Waals surface area contributed by atoms with Crippen molar-refractivity contribution in [2.45, 2.75) is 52.2 Å². The first kappa shape index (κ1) is 27.1. The lowest BCUT2D eigenvalue weighted by Crippen LogP contribution is -2.53. The number of amidine groups is 2. The maximum atomic E-state index is 6.25. The van der Waals surface area contributed by atoms with Gasteiger partial charge < -0.3 is 25.5 Å². The standard InChI is InChI=1S/C29H40N8O2/c1-18(2)33-28(34-19(3)31)25-15-37-10-11-39-26-12-20(7-8-23(26)29(37)35-25)24(13-30)27(32-4)21-6-5-9-36(14-21)22-16-38-17-22/h7-8,12-13,15,18,21-22H,5-6,9-11,14,16-17,30H2,1-4H3,(H2,31,33,34). The zero-order valence-electron chi connectivity index (χ0n) is 23.4. The monoisotopic (exact) mass is 532 g/mol. The van der Waals surface area contributed by atoms with Gasteiger partial charge in [-0.05, 0) is 57.9 Å². The van der Waals surface area contributed by atoms with Crippen molar-refractivity contribution in [1.29, 1.82) is 0 Å². The van der Waals surface area contributed by atoms with Crippen LogP contribution in [0.1, 0.15) is 44.9 Å². The lowest BCUT2D eigenvalue weighted by molar-refractivity contribution is -0.0728. The lowest BCUT2D eigenvalue weighted by Gasteiger charge is -2.42. The molecule has 39 heavy (non-hydrogen) atoms. The Morgan fingerprint density at radius 2 is 2.05 bits per heavy atom. The molecule has 2 aromatic rings. The van der Waals surface area contributed by atoms with Crippen molar-refractivity contribution in [3.63, 3.8) is 0 Å². The van der Waals surface area contributed by atoms with Crippen molar-refractivity contribution in [3.8, 4) is 17.1 Å². The Balaban J connectivity index is 1.45. The third kappa shape index (κ3) is 5.77. The summed E-state index contributed by atoms with van der Waals surface area (Å²) in [4.78, 5) is 21.3. The van der Waals surface area contributed by atoms with Crippen LogP contribution in [-0.4, -0.2) is 83.9 Å². The summed E-state index contributed by atoms with van der Waals surface area (Å²) in [5.41, 5.74) is 16.7. The van der Waals surface area contributed by atoms with Crippen molar-refractivity contribution in [2.24, 2.45) is 32.4 Å². The quantitative estimate of drug-likeness (QED) is 0.435. The predicted octanol–water partition coefficient (Wildman–Crippen LogP) is 2.96. The van der Waals surface area contributed by atoms with Crippen molar-refractivity contribution in [1.82, 2.24) is 14.5 Å². The number of hydrogen-bond acceptors (Lipinski definition) is 7. The molecule has 5 rings (SSSR count). The molecule has 1 unspecified atom stereocenters. The Morgan fingerprint density at radius 3 is 2.72 bits per heavy atom. The molecular weight excluding hydrogens is 492 g/mol. The van der Waals surface area contributed by atoms with E-state index in [1.165, 1.54) is 0 Å². The Morgan fingerprint density at radius 1 is 1.23 bits per heavy atom. The van der Waals surface area contributed by atoms with Crippen LogP contribution in [-0.2, 0) is 11.3 Å². The number of nitrogens with zero attached hydrogens (tertiary/aromatic N) is 6. The van der Waals surface area contributed by atoms with Crippen molar-refractivity contribution < 1.29 is 9.47 Å². The van der Waals surface area contributed by atoms with E-state index in [-0.39, 0.29) is 6.04 Å². The van der Waals surface area contributed by atoms with Gasteiger partial charge in [-0.15, -0.1) is 0 Å². The van der Waals surface area contributed by atoms with Crippen molar-refractivity contribution in [2.75, 3.05) is 40.0 Å². The van der Waals surface area contributed by atoms with Gasteiger partial charge in [0.2, 0.25) is 0 Å². The van der Waals surface area contributed by atoms with Crippen LogP contribution in [0.4, 0.5) is 0 Å². The first-order valence-corrected chi connectivity index (χ1v) is 13.8. The average Bonchev–Trinajstić information content (AvgIpc) is 3.22. The van der Waals surface area contributed by atoms with E-state index in [1.54, 1.807) is 13.1 Å². The maximum Gasteiger partial charge on any atom is 0.177 e. The van der Waals surface area contributed by atoms with Gasteiger partial charge in [0, 0.05) is 49.2 Å². The fraction of sp³-hybridized carbons (Fsp3) is 0.517. The zero-order valence-corrected chi connectivity index (χ0v) is 23.4. The molecule has 0 amide bonds. The molecule has 2 fully saturated rings. The maximum absolute atomic E-state index is 6.25. The number of allylic oxidation sites excluding steroid dienone is 1. The summed E-state index contributed by atoms with van der Waals surface area (Å²) in [6, 6.07) is 6.80. The second kappa shape index (κ2) is 11.7. The van der Waals surface area contributed by atoms with E-state index in [9.17, 15) is 0 Å². The summed E-state index contributed by atoms with van der Waals surface area (Å²) in [5.74, 6) is 2.90. The van der Waals surface area contributed by atoms with Crippen LogP contribution in [0.2, 0.25) is 0 Å². The van der Waals surface area contributed by atoms with Crippen LogP contribution in [0.3, 0.4) is 0 Å². The van der Waals surface area contributed by atoms with Gasteiger partial charge in [0.25, 0.3) is 0 Å². The molecule has 4 N–H and O–H groups in total. The Labute approximate surface area is 230 Å². The molecule has 1 aromatic heterocycles. The van der Waals surface area contributed by atoms with E-state index in [0.717, 1.165) is 73.1 Å². The van der Waals surface area contributed by atoms with E-state index in [1.807, 2.05) is 27.1 Å². The summed E-state index contributed by atoms with van der Waals surface area (Å²) in [6.07, 6.45) is 5.91. The number of benzene rings is 1. The molecule has 10 nitrogen and oxygen atoms in total. The Hall–Kier alpha value is -3.50. The molecule has 1 aromatic carbocycles. The van der Waals surface area contributed by atoms with Gasteiger partial charge in [0.1, 0.15) is 23.9 Å². The molecular formula is C29H40N8O2. The molecule has 208 valence electrons. The number of rotatable bonds is 6. The largest absolute Gasteiger partial charge is 0.491 e. The summed E-state index contributed by atoms with van der Waals surface area (Å²) >= 11 is 0. The molecule has 0 aliphatic carbocycles. The molecule has 0 radical (unpaired) electrons. The van der Waals surface area contributed by atoms with Crippen LogP contribution in [0.25, 0.3) is 17.0 Å². The zero-order chi connectivity index (χ0) is 27.5. The normalized spacial score (nSPS) is 21.7. The number of nitrogens with two attached hydrogens (primary N) is 2. The minimum atomic E-state index is 0.0666. The molecule has 3 aliphatic heterocycles. The van der Waals surface area contributed by atoms with E-state index in [4.69, 9.17) is 30.9 Å². The van der Waals surface area contributed by atoms with E-state index in [2.05, 4.69) is 37.7 Å². The first-order valence-electron chi connectivity index (χ1n) is 13.8. The van der Waals surface area contributed by atoms with Gasteiger partial charge in [-0.25, -0.2) is 9.98 Å². The highest BCUT2D eigenvalue weighted by molar-refractivity contribution is 6.25. The van der Waals surface area contributed by atoms with Gasteiger partial charge in [0.15, 0.2) is 5.84 Å². The number of imidazole rings is 1. The molecule has 10 heteroatoms. The number of likely N-dealkylation sites (tertiary alicyclic amines) is 1. The van der Waals surface area contributed by atoms with Crippen LogP contribution in [0.15, 0.2) is 45.6 Å². The molecule has 1 atom stereocenters. The number of aromatic nitrogens is 2. The van der Waals surface area contributed by atoms with Crippen LogP contribution < -0.4 is 16.2 Å². The summed E-state index contributed by atoms with van der Waals surface area (Å²) in [5, 5.41) is 0. The Kier molecular flexibility index (Phi) is 8.13. The lowest BCUT2D eigenvalue weighted by atomic mass is 9.85. The third-order valence-electron chi connectivity index (χ3n) is 7.45. The molecule has 4 heterocycles. The smallest absolute Gasteiger partial charge is 0.177 e. The molecule has 3 aliphatic rings. The third-order valence-corrected chi connectivity index (χ3v) is 7.45. The minimum Gasteiger partial charge on any atom is -0.491 e. The van der Waals surface area contributed by atoms with Gasteiger partial charge in [-0.3, -0.25) is 14.9 Å². The average molecular weight is 533 g/mol. The number of fused-ring (bicyclic) bond motifs is 3. The second-order valence-electron chi connectivity index (χ2n) is 10.7. The molecule has 0 spiro atoms. The number of aliphatic imine (C=N–C) groups is 3. The van der Waals surface area contributed by atoms with E-state index in [0.29, 0.717) is 42.5 Å². The molecule has 0 bridgehead atoms. The first-order chi connectivity index (χ1) is 18.9. The van der Waals surface area contributed by atoms with Crippen molar-refractivity contribution >= 4 is 23.0 Å². The number of piperidine rings is 1. The van der Waals surface area contributed by atoms with E-state index >= 15 is 0 Å². The summed E-state index contributed by atoms with van der Waals surface area (Å²) in [6.45, 7) is 10.7. The van der Waals surface area contributed by atoms with Gasteiger partial charge in [-0.2, -0.15) is 0 Å². The highest BCUT2D eigenvalue weighted by Crippen LogP contribution is 2.36. The minimum absolute atomic E-state index is 0.0666. The predicted molar refractivity (Wildman–Crippen MR) is 157 cm³/mol. The topological polar surface area (TPSA) is 129 Å². The fourth-order valence-electron chi connectivity index (χ4n) is 5.57. The van der Waals surface area contributed by atoms with Crippen LogP contribution in [0.5, 0.6) is 5.75 Å². The van der Waals surface area contributed by atoms with Gasteiger partial charge in [-0.1, -0.05) is 6.07 Å². The Bertz CT molecular complexity index is 1310. The highest BCUT2D eigenvalue weighted by atomic mass is 16.5. The van der Waals surface area contributed by atoms with Gasteiger partial charge in [0.05, 0.1) is 37.2 Å². The molecule has 0 saturated carbocycles. The van der Waals surface area contributed by atoms with E-state index < -0.39 is 0 Å². The van der Waals surface area contributed by atoms with Crippen molar-refractivity contribution in [3.05, 3.63) is 41.9 Å². The summed E-state index contributed by atoms with van der Waals surface area (Å²) < 4.78 is 13.8. The second-order valence-corrected chi connectivity index (χ2v) is 10.7. The number of hydrogen-bond donors (Lipinski definition) is 2. The van der Waals surface area contributed by atoms with Crippen LogP contribution in [0, 0.1) is 5.92 Å².